The molecule has 0 aromatic rings. The minimum atomic E-state index is -4.65. The van der Waals surface area contributed by atoms with Crippen molar-refractivity contribution in [2.24, 2.45) is 0 Å². The number of alkyl halides is 3. The van der Waals surface area contributed by atoms with E-state index in [2.05, 4.69) is 0 Å². The normalized spacial score (nSPS) is 13.5. The molecule has 0 aliphatic carbocycles. The van der Waals surface area contributed by atoms with E-state index in [9.17, 15) is 26.4 Å². The Bertz CT molecular complexity index is 403. The maximum Gasteiger partial charge on any atom is 0.406 e. The highest BCUT2D eigenvalue weighted by molar-refractivity contribution is 7.92. The third-order valence-electron chi connectivity index (χ3n) is 2.47. The van der Waals surface area contributed by atoms with Gasteiger partial charge in [-0.1, -0.05) is 0 Å². The van der Waals surface area contributed by atoms with Crippen LogP contribution in [0.4, 0.5) is 13.2 Å². The van der Waals surface area contributed by atoms with Crippen LogP contribution in [0.2, 0.25) is 0 Å². The fraction of sp³-hybridized carbons (Fsp3) is 0.889. The lowest BCUT2D eigenvalue weighted by atomic mass is 10.1. The first kappa shape index (κ1) is 17.2. The van der Waals surface area contributed by atoms with E-state index in [1.54, 1.807) is 0 Å². The maximum absolute atomic E-state index is 12.2. The number of aliphatic hydroxyl groups is 1. The van der Waals surface area contributed by atoms with Gasteiger partial charge in [-0.3, -0.25) is 4.79 Å². The topological polar surface area (TPSA) is 74.7 Å². The zero-order valence-corrected chi connectivity index (χ0v) is 11.1. The van der Waals surface area contributed by atoms with Crippen molar-refractivity contribution in [2.75, 3.05) is 26.0 Å². The van der Waals surface area contributed by atoms with E-state index < -0.39 is 46.4 Å². The van der Waals surface area contributed by atoms with Crippen LogP contribution in [0.25, 0.3) is 0 Å². The molecule has 0 rings (SSSR count). The van der Waals surface area contributed by atoms with Gasteiger partial charge in [0.25, 0.3) is 0 Å². The second-order valence-corrected chi connectivity index (χ2v) is 6.91. The van der Waals surface area contributed by atoms with Crippen molar-refractivity contribution in [2.45, 2.75) is 24.8 Å². The molecule has 0 aliphatic rings. The Hall–Kier alpha value is -0.830. The smallest absolute Gasteiger partial charge is 0.395 e. The molecule has 9 heteroatoms. The first-order valence-electron chi connectivity index (χ1n) is 4.99. The van der Waals surface area contributed by atoms with Crippen molar-refractivity contribution in [3.05, 3.63) is 0 Å². The third-order valence-corrected chi connectivity index (χ3v) is 4.50. The average molecular weight is 291 g/mol. The minimum Gasteiger partial charge on any atom is -0.395 e. The molecule has 108 valence electrons. The molecule has 0 radical (unpaired) electrons. The number of halogens is 3. The molecule has 18 heavy (non-hydrogen) atoms. The molecule has 0 spiro atoms. The van der Waals surface area contributed by atoms with Crippen LogP contribution in [-0.4, -0.2) is 61.2 Å². The number of aliphatic hydroxyl groups excluding tert-OH is 1. The van der Waals surface area contributed by atoms with E-state index in [1.165, 1.54) is 0 Å². The van der Waals surface area contributed by atoms with Crippen LogP contribution < -0.4 is 0 Å². The van der Waals surface area contributed by atoms with Gasteiger partial charge >= 0.3 is 6.18 Å². The van der Waals surface area contributed by atoms with Crippen LogP contribution in [-0.2, 0) is 14.6 Å². The van der Waals surface area contributed by atoms with E-state index in [1.807, 2.05) is 0 Å². The molecule has 0 atom stereocenters. The molecule has 0 aromatic carbocycles. The van der Waals surface area contributed by atoms with Crippen LogP contribution >= 0.6 is 0 Å². The van der Waals surface area contributed by atoms with E-state index in [-0.39, 0.29) is 0 Å². The molecule has 0 fully saturated rings. The highest BCUT2D eigenvalue weighted by atomic mass is 32.2. The molecule has 0 heterocycles. The molecule has 0 aromatic heterocycles. The van der Waals surface area contributed by atoms with Gasteiger partial charge in [-0.05, 0) is 13.8 Å². The molecule has 0 aliphatic heterocycles. The van der Waals surface area contributed by atoms with Crippen LogP contribution in [0.5, 0.6) is 0 Å². The Morgan fingerprint density at radius 3 is 2.00 bits per heavy atom. The Balaban J connectivity index is 5.22. The fourth-order valence-electron chi connectivity index (χ4n) is 1.13. The Morgan fingerprint density at radius 1 is 1.28 bits per heavy atom. The average Bonchev–Trinajstić information content (AvgIpc) is 2.12. The van der Waals surface area contributed by atoms with Gasteiger partial charge in [0, 0.05) is 12.8 Å². The fourth-order valence-corrected chi connectivity index (χ4v) is 1.58. The number of rotatable bonds is 5. The molecule has 5 nitrogen and oxygen atoms in total. The van der Waals surface area contributed by atoms with E-state index in [0.717, 1.165) is 20.1 Å². The predicted octanol–water partition coefficient (Wildman–Crippen LogP) is 0.193. The number of carbonyl (C=O) groups excluding carboxylic acids is 1. The van der Waals surface area contributed by atoms with Crippen LogP contribution in [0, 0.1) is 0 Å². The van der Waals surface area contributed by atoms with Gasteiger partial charge < -0.3 is 10.0 Å². The van der Waals surface area contributed by atoms with Crippen molar-refractivity contribution in [3.63, 3.8) is 0 Å². The summed E-state index contributed by atoms with van der Waals surface area (Å²) < 4.78 is 57.5. The van der Waals surface area contributed by atoms with E-state index in [0.29, 0.717) is 4.90 Å². The number of carbonyl (C=O) groups is 1. The zero-order chi connectivity index (χ0) is 14.8. The number of hydrogen-bond donors (Lipinski definition) is 1. The summed E-state index contributed by atoms with van der Waals surface area (Å²) in [6.45, 7) is -0.777. The summed E-state index contributed by atoms with van der Waals surface area (Å²) in [4.78, 5) is 12.1. The third kappa shape index (κ3) is 4.45. The highest BCUT2D eigenvalue weighted by Gasteiger charge is 2.44. The van der Waals surface area contributed by atoms with Crippen molar-refractivity contribution < 1.29 is 31.5 Å². The first-order chi connectivity index (χ1) is 7.83. The number of nitrogens with zero attached hydrogens (tertiary/aromatic N) is 1. The molecule has 0 unspecified atom stereocenters. The standard InChI is InChI=1S/C9H16F3NO4S/c1-8(2,18(3,16)17)7(15)13(4-5-14)6-9(10,11)12/h14H,4-6H2,1-3H3. The summed E-state index contributed by atoms with van der Waals surface area (Å²) in [5.41, 5.74) is 0. The number of sulfone groups is 1. The van der Waals surface area contributed by atoms with Crippen molar-refractivity contribution in [1.29, 1.82) is 0 Å². The lowest BCUT2D eigenvalue weighted by Crippen LogP contribution is -2.52. The Kier molecular flexibility index (Phi) is 5.18. The van der Waals surface area contributed by atoms with Crippen molar-refractivity contribution in [1.82, 2.24) is 4.90 Å². The lowest BCUT2D eigenvalue weighted by Gasteiger charge is -2.30. The summed E-state index contributed by atoms with van der Waals surface area (Å²) in [5.74, 6) is -1.18. The molecule has 1 N–H and O–H groups in total. The number of hydrogen-bond acceptors (Lipinski definition) is 4. The zero-order valence-electron chi connectivity index (χ0n) is 10.3. The van der Waals surface area contributed by atoms with Crippen molar-refractivity contribution in [3.8, 4) is 0 Å². The van der Waals surface area contributed by atoms with Crippen LogP contribution in [0.3, 0.4) is 0 Å². The molecule has 0 saturated carbocycles. The summed E-state index contributed by atoms with van der Waals surface area (Å²) >= 11 is 0. The SMILES string of the molecule is CC(C)(C(=O)N(CCO)CC(F)(F)F)S(C)(=O)=O. The quantitative estimate of drug-likeness (QED) is 0.785. The maximum atomic E-state index is 12.2. The van der Waals surface area contributed by atoms with Gasteiger partial charge in [-0.15, -0.1) is 0 Å². The molecule has 0 saturated heterocycles. The second-order valence-electron chi connectivity index (χ2n) is 4.35. The Morgan fingerprint density at radius 2 is 1.72 bits per heavy atom. The molecular weight excluding hydrogens is 275 g/mol. The molecular formula is C9H16F3NO4S. The van der Waals surface area contributed by atoms with Gasteiger partial charge in [0.15, 0.2) is 9.84 Å². The van der Waals surface area contributed by atoms with E-state index >= 15 is 0 Å². The second kappa shape index (κ2) is 5.43. The number of amides is 1. The lowest BCUT2D eigenvalue weighted by molar-refractivity contribution is -0.163. The van der Waals surface area contributed by atoms with Crippen LogP contribution in [0.1, 0.15) is 13.8 Å². The van der Waals surface area contributed by atoms with E-state index in [4.69, 9.17) is 5.11 Å². The summed E-state index contributed by atoms with van der Waals surface area (Å²) in [5, 5.41) is 8.64. The highest BCUT2D eigenvalue weighted by Crippen LogP contribution is 2.22. The molecule has 0 bridgehead atoms. The predicted molar refractivity (Wildman–Crippen MR) is 58.6 cm³/mol. The summed E-state index contributed by atoms with van der Waals surface area (Å²) in [7, 11) is -3.86. The summed E-state index contributed by atoms with van der Waals surface area (Å²) in [6, 6.07) is 0. The monoisotopic (exact) mass is 291 g/mol. The van der Waals surface area contributed by atoms with Crippen LogP contribution in [0.15, 0.2) is 0 Å². The first-order valence-corrected chi connectivity index (χ1v) is 6.88. The Labute approximate surface area is 103 Å². The van der Waals surface area contributed by atoms with Gasteiger partial charge in [0.1, 0.15) is 11.3 Å². The largest absolute Gasteiger partial charge is 0.406 e. The van der Waals surface area contributed by atoms with Gasteiger partial charge in [0.05, 0.1) is 6.61 Å². The summed E-state index contributed by atoms with van der Waals surface area (Å²) in [6.07, 6.45) is -3.88. The van der Waals surface area contributed by atoms with Gasteiger partial charge in [-0.25, -0.2) is 8.42 Å². The minimum absolute atomic E-state index is 0.293. The van der Waals surface area contributed by atoms with Gasteiger partial charge in [0.2, 0.25) is 5.91 Å². The van der Waals surface area contributed by atoms with Crippen molar-refractivity contribution >= 4 is 15.7 Å². The van der Waals surface area contributed by atoms with Gasteiger partial charge in [-0.2, -0.15) is 13.2 Å². The molecule has 1 amide bonds.